The highest BCUT2D eigenvalue weighted by molar-refractivity contribution is 7.12. The van der Waals surface area contributed by atoms with Gasteiger partial charge in [0.05, 0.1) is 5.92 Å². The van der Waals surface area contributed by atoms with Gasteiger partial charge < -0.3 is 10.5 Å². The maximum absolute atomic E-state index is 12.4. The maximum atomic E-state index is 12.4. The largest absolute Gasteiger partial charge is 0.444 e. The fourth-order valence-corrected chi connectivity index (χ4v) is 3.95. The number of hydrogen-bond acceptors (Lipinski definition) is 5. The SMILES string of the molecule is CCc1ccc([C@@H]2C(C#N)=C(N)OC3=C2C(=O)CCC3)s1. The third-order valence-corrected chi connectivity index (χ3v) is 5.21. The molecule has 1 aliphatic carbocycles. The fraction of sp³-hybridized carbons (Fsp3) is 0.375. The molecule has 108 valence electrons. The number of nitriles is 1. The highest BCUT2D eigenvalue weighted by Gasteiger charge is 2.38. The molecule has 0 aromatic carbocycles. The molecule has 3 rings (SSSR count). The van der Waals surface area contributed by atoms with E-state index in [9.17, 15) is 10.1 Å². The number of carbonyl (C=O) groups is 1. The number of carbonyl (C=O) groups excluding carboxylic acids is 1. The van der Waals surface area contributed by atoms with Crippen molar-refractivity contribution < 1.29 is 9.53 Å². The van der Waals surface area contributed by atoms with Gasteiger partial charge in [-0.2, -0.15) is 5.26 Å². The number of ether oxygens (including phenoxy) is 1. The smallest absolute Gasteiger partial charge is 0.205 e. The Morgan fingerprint density at radius 3 is 2.95 bits per heavy atom. The summed E-state index contributed by atoms with van der Waals surface area (Å²) in [4.78, 5) is 14.6. The number of Topliss-reactive ketones (excluding diaryl/α,β-unsaturated/α-hetero) is 1. The molecule has 4 nitrogen and oxygen atoms in total. The van der Waals surface area contributed by atoms with Gasteiger partial charge in [-0.3, -0.25) is 4.79 Å². The van der Waals surface area contributed by atoms with Gasteiger partial charge in [-0.05, 0) is 25.0 Å². The first-order valence-corrected chi connectivity index (χ1v) is 7.89. The van der Waals surface area contributed by atoms with Gasteiger partial charge in [0.15, 0.2) is 5.78 Å². The lowest BCUT2D eigenvalue weighted by molar-refractivity contribution is -0.116. The van der Waals surface area contributed by atoms with Crippen molar-refractivity contribution in [2.45, 2.75) is 38.5 Å². The molecule has 0 unspecified atom stereocenters. The van der Waals surface area contributed by atoms with E-state index in [4.69, 9.17) is 10.5 Å². The first-order valence-electron chi connectivity index (χ1n) is 7.08. The number of ketones is 1. The third-order valence-electron chi connectivity index (χ3n) is 3.92. The van der Waals surface area contributed by atoms with Crippen molar-refractivity contribution in [1.29, 1.82) is 5.26 Å². The zero-order chi connectivity index (χ0) is 15.0. The number of hydrogen-bond donors (Lipinski definition) is 1. The number of aryl methyl sites for hydroxylation is 1. The van der Waals surface area contributed by atoms with Crippen molar-refractivity contribution in [3.05, 3.63) is 44.7 Å². The van der Waals surface area contributed by atoms with Crippen molar-refractivity contribution in [3.63, 3.8) is 0 Å². The van der Waals surface area contributed by atoms with Gasteiger partial charge in [0, 0.05) is 28.2 Å². The standard InChI is InChI=1S/C16H16N2O2S/c1-2-9-6-7-13(21-9)14-10(8-17)16(18)20-12-5-3-4-11(19)15(12)14/h6-7,14H,2-5,18H2,1H3/t14-/m0/s1. The minimum atomic E-state index is -0.350. The fourth-order valence-electron chi connectivity index (χ4n) is 2.88. The van der Waals surface area contributed by atoms with E-state index >= 15 is 0 Å². The molecule has 0 amide bonds. The van der Waals surface area contributed by atoms with Crippen LogP contribution in [0.1, 0.15) is 41.9 Å². The van der Waals surface area contributed by atoms with Crippen LogP contribution in [0.25, 0.3) is 0 Å². The molecule has 1 atom stereocenters. The van der Waals surface area contributed by atoms with Gasteiger partial charge >= 0.3 is 0 Å². The van der Waals surface area contributed by atoms with Gasteiger partial charge in [-0.15, -0.1) is 11.3 Å². The Balaban J connectivity index is 2.14. The quantitative estimate of drug-likeness (QED) is 0.910. The number of allylic oxidation sites excluding steroid dienone is 3. The van der Waals surface area contributed by atoms with Gasteiger partial charge in [0.25, 0.3) is 0 Å². The minimum Gasteiger partial charge on any atom is -0.444 e. The second-order valence-corrected chi connectivity index (χ2v) is 6.40. The van der Waals surface area contributed by atoms with E-state index < -0.39 is 0 Å². The molecular formula is C16H16N2O2S. The summed E-state index contributed by atoms with van der Waals surface area (Å²) in [5.74, 6) is 0.520. The molecule has 1 aromatic heterocycles. The van der Waals surface area contributed by atoms with Crippen LogP contribution < -0.4 is 5.73 Å². The van der Waals surface area contributed by atoms with Crippen LogP contribution in [0.2, 0.25) is 0 Å². The molecule has 0 saturated heterocycles. The molecule has 0 saturated carbocycles. The zero-order valence-corrected chi connectivity index (χ0v) is 12.6. The van der Waals surface area contributed by atoms with E-state index in [1.807, 2.05) is 12.1 Å². The van der Waals surface area contributed by atoms with Crippen LogP contribution in [0.3, 0.4) is 0 Å². The topological polar surface area (TPSA) is 76.1 Å². The second-order valence-electron chi connectivity index (χ2n) is 5.20. The Kier molecular flexibility index (Phi) is 3.56. The number of nitrogens with two attached hydrogens (primary N) is 1. The predicted octanol–water partition coefficient (Wildman–Crippen LogP) is 3.13. The summed E-state index contributed by atoms with van der Waals surface area (Å²) in [5, 5.41) is 9.44. The molecule has 0 spiro atoms. The van der Waals surface area contributed by atoms with Gasteiger partial charge in [-0.25, -0.2) is 0 Å². The Bertz CT molecular complexity index is 706. The van der Waals surface area contributed by atoms with E-state index in [1.165, 1.54) is 4.88 Å². The molecule has 1 aromatic rings. The second kappa shape index (κ2) is 5.38. The van der Waals surface area contributed by atoms with Crippen molar-refractivity contribution >= 4 is 17.1 Å². The first kappa shape index (κ1) is 13.9. The predicted molar refractivity (Wildman–Crippen MR) is 80.2 cm³/mol. The Hall–Kier alpha value is -2.06. The molecule has 1 aliphatic heterocycles. The van der Waals surface area contributed by atoms with Crippen LogP contribution >= 0.6 is 11.3 Å². The number of thiophene rings is 1. The van der Waals surface area contributed by atoms with Crippen molar-refractivity contribution in [3.8, 4) is 6.07 Å². The van der Waals surface area contributed by atoms with E-state index in [2.05, 4.69) is 13.0 Å². The zero-order valence-electron chi connectivity index (χ0n) is 11.8. The summed E-state index contributed by atoms with van der Waals surface area (Å²) in [6.07, 6.45) is 2.95. The number of nitrogens with zero attached hydrogens (tertiary/aromatic N) is 1. The highest BCUT2D eigenvalue weighted by Crippen LogP contribution is 2.45. The monoisotopic (exact) mass is 300 g/mol. The first-order chi connectivity index (χ1) is 10.2. The van der Waals surface area contributed by atoms with E-state index in [1.54, 1.807) is 11.3 Å². The molecule has 0 bridgehead atoms. The van der Waals surface area contributed by atoms with Crippen molar-refractivity contribution in [2.24, 2.45) is 5.73 Å². The van der Waals surface area contributed by atoms with E-state index in [0.29, 0.717) is 29.7 Å². The molecule has 0 fully saturated rings. The normalized spacial score (nSPS) is 21.9. The Morgan fingerprint density at radius 2 is 2.29 bits per heavy atom. The summed E-state index contributed by atoms with van der Waals surface area (Å²) in [7, 11) is 0. The number of rotatable bonds is 2. The summed E-state index contributed by atoms with van der Waals surface area (Å²) in [6, 6.07) is 6.18. The van der Waals surface area contributed by atoms with Crippen LogP contribution in [0.4, 0.5) is 0 Å². The maximum Gasteiger partial charge on any atom is 0.205 e. The Morgan fingerprint density at radius 1 is 1.48 bits per heavy atom. The summed E-state index contributed by atoms with van der Waals surface area (Å²) in [6.45, 7) is 2.09. The van der Waals surface area contributed by atoms with Gasteiger partial charge in [0.2, 0.25) is 5.88 Å². The van der Waals surface area contributed by atoms with Crippen molar-refractivity contribution in [1.82, 2.24) is 0 Å². The van der Waals surface area contributed by atoms with E-state index in [0.717, 1.165) is 17.7 Å². The molecule has 2 aliphatic rings. The lowest BCUT2D eigenvalue weighted by Crippen LogP contribution is -2.26. The van der Waals surface area contributed by atoms with E-state index in [-0.39, 0.29) is 17.6 Å². The van der Waals surface area contributed by atoms with Crippen LogP contribution in [0.5, 0.6) is 0 Å². The highest BCUT2D eigenvalue weighted by atomic mass is 32.1. The molecular weight excluding hydrogens is 284 g/mol. The van der Waals surface area contributed by atoms with Gasteiger partial charge in [-0.1, -0.05) is 6.92 Å². The molecule has 0 radical (unpaired) electrons. The molecule has 5 heteroatoms. The average Bonchev–Trinajstić information content (AvgIpc) is 2.94. The minimum absolute atomic E-state index is 0.0768. The Labute approximate surface area is 127 Å². The van der Waals surface area contributed by atoms with Crippen molar-refractivity contribution in [2.75, 3.05) is 0 Å². The molecule has 2 N–H and O–H groups in total. The molecule has 2 heterocycles. The van der Waals surface area contributed by atoms with Crippen LogP contribution in [0, 0.1) is 11.3 Å². The summed E-state index contributed by atoms with van der Waals surface area (Å²) < 4.78 is 5.55. The van der Waals surface area contributed by atoms with Crippen LogP contribution in [-0.2, 0) is 16.0 Å². The van der Waals surface area contributed by atoms with Crippen LogP contribution in [0.15, 0.2) is 34.9 Å². The molecule has 21 heavy (non-hydrogen) atoms. The lowest BCUT2D eigenvalue weighted by atomic mass is 9.80. The average molecular weight is 300 g/mol. The third kappa shape index (κ3) is 2.26. The summed E-state index contributed by atoms with van der Waals surface area (Å²) >= 11 is 1.64. The van der Waals surface area contributed by atoms with Crippen LogP contribution in [-0.4, -0.2) is 5.78 Å². The summed E-state index contributed by atoms with van der Waals surface area (Å²) in [5.41, 5.74) is 6.89. The van der Waals surface area contributed by atoms with Gasteiger partial charge in [0.1, 0.15) is 17.4 Å². The lowest BCUT2D eigenvalue weighted by Gasteiger charge is -2.30.